The number of methoxy groups -OCH3 is 1. The number of nitrogens with one attached hydrogen (secondary N) is 1. The molecule has 3 aromatic carbocycles. The van der Waals surface area contributed by atoms with Gasteiger partial charge in [-0.05, 0) is 37.3 Å². The van der Waals surface area contributed by atoms with Crippen molar-refractivity contribution in [1.29, 1.82) is 0 Å². The van der Waals surface area contributed by atoms with Gasteiger partial charge in [0.05, 0.1) is 28.9 Å². The molecule has 1 N–H and O–H groups in total. The summed E-state index contributed by atoms with van der Waals surface area (Å²) in [5.41, 5.74) is 2.85. The molecule has 1 unspecified atom stereocenters. The van der Waals surface area contributed by atoms with Gasteiger partial charge in [0, 0.05) is 23.7 Å². The highest BCUT2D eigenvalue weighted by Crippen LogP contribution is 2.36. The molecule has 0 radical (unpaired) electrons. The third kappa shape index (κ3) is 4.43. The molecule has 5 rings (SSSR count). The maximum atomic E-state index is 13.3. The van der Waals surface area contributed by atoms with E-state index in [1.807, 2.05) is 37.3 Å². The van der Waals surface area contributed by atoms with E-state index in [-0.39, 0.29) is 23.5 Å². The zero-order valence-corrected chi connectivity index (χ0v) is 21.7. The molecule has 0 saturated carbocycles. The molecule has 1 aliphatic heterocycles. The molecule has 2 amide bonds. The molecule has 0 aliphatic carbocycles. The van der Waals surface area contributed by atoms with E-state index in [1.54, 1.807) is 36.4 Å². The number of halogens is 1. The summed E-state index contributed by atoms with van der Waals surface area (Å²) < 4.78 is 11.7. The van der Waals surface area contributed by atoms with Gasteiger partial charge in [0.25, 0.3) is 11.8 Å². The van der Waals surface area contributed by atoms with Crippen LogP contribution in [0.3, 0.4) is 0 Å². The molecule has 1 atom stereocenters. The number of hydrogen-bond donors (Lipinski definition) is 1. The van der Waals surface area contributed by atoms with Gasteiger partial charge in [-0.25, -0.2) is 4.98 Å². The molecule has 9 heteroatoms. The summed E-state index contributed by atoms with van der Waals surface area (Å²) in [5, 5.41) is 4.05. The summed E-state index contributed by atoms with van der Waals surface area (Å²) in [6.07, 6.45) is 0. The number of carbonyl (C=O) groups excluding carboxylic acids is 3. The maximum Gasteiger partial charge on any atom is 0.255 e. The van der Waals surface area contributed by atoms with Gasteiger partial charge < -0.3 is 19.7 Å². The third-order valence-electron chi connectivity index (χ3n) is 6.49. The standard InChI is InChI=1S/C29H24ClN3O5/c1-16-11-12-17-7-6-10-23(24(17)31-16)38-15-20-21(30)13-14-22(27(20)37-3)32-28(35)25-26(34)18-8-4-5-9-19(18)29(36)33(25)2/h4-14,25H,15H2,1-3H3,(H,32,35). The van der Waals surface area contributed by atoms with Crippen molar-refractivity contribution in [2.75, 3.05) is 19.5 Å². The lowest BCUT2D eigenvalue weighted by Crippen LogP contribution is -2.53. The van der Waals surface area contributed by atoms with Gasteiger partial charge >= 0.3 is 0 Å². The smallest absolute Gasteiger partial charge is 0.255 e. The van der Waals surface area contributed by atoms with Crippen molar-refractivity contribution in [3.8, 4) is 11.5 Å². The van der Waals surface area contributed by atoms with E-state index in [9.17, 15) is 14.4 Å². The zero-order valence-electron chi connectivity index (χ0n) is 20.9. The molecule has 4 aromatic rings. The second kappa shape index (κ2) is 10.1. The van der Waals surface area contributed by atoms with Crippen LogP contribution >= 0.6 is 11.6 Å². The van der Waals surface area contributed by atoms with Gasteiger partial charge in [-0.1, -0.05) is 48.0 Å². The second-order valence-corrected chi connectivity index (χ2v) is 9.30. The van der Waals surface area contributed by atoms with E-state index in [0.29, 0.717) is 22.0 Å². The quantitative estimate of drug-likeness (QED) is 0.351. The van der Waals surface area contributed by atoms with E-state index < -0.39 is 23.6 Å². The van der Waals surface area contributed by atoms with E-state index in [0.717, 1.165) is 21.5 Å². The molecule has 0 fully saturated rings. The Hall–Kier alpha value is -4.43. The van der Waals surface area contributed by atoms with Gasteiger partial charge in [-0.3, -0.25) is 14.4 Å². The number of Topliss-reactive ketones (excluding diaryl/α,β-unsaturated/α-hetero) is 1. The number of fused-ring (bicyclic) bond motifs is 2. The third-order valence-corrected chi connectivity index (χ3v) is 6.84. The molecule has 2 heterocycles. The summed E-state index contributed by atoms with van der Waals surface area (Å²) in [6, 6.07) is 17.9. The van der Waals surface area contributed by atoms with Crippen LogP contribution in [0.5, 0.6) is 11.5 Å². The van der Waals surface area contributed by atoms with Crippen LogP contribution in [0.4, 0.5) is 5.69 Å². The number of carbonyl (C=O) groups is 3. The Morgan fingerprint density at radius 2 is 1.79 bits per heavy atom. The fraction of sp³-hybridized carbons (Fsp3) is 0.172. The van der Waals surface area contributed by atoms with Crippen molar-refractivity contribution >= 4 is 45.8 Å². The first-order valence-electron chi connectivity index (χ1n) is 11.9. The predicted molar refractivity (Wildman–Crippen MR) is 144 cm³/mol. The minimum atomic E-state index is -1.33. The number of rotatable bonds is 6. The molecule has 38 heavy (non-hydrogen) atoms. The van der Waals surface area contributed by atoms with Crippen LogP contribution in [0.25, 0.3) is 10.9 Å². The Labute approximate surface area is 224 Å². The summed E-state index contributed by atoms with van der Waals surface area (Å²) in [6.45, 7) is 1.94. The Bertz CT molecular complexity index is 1600. The molecule has 1 aliphatic rings. The van der Waals surface area contributed by atoms with Gasteiger partial charge in [-0.15, -0.1) is 0 Å². The van der Waals surface area contributed by atoms with E-state index in [1.165, 1.54) is 14.2 Å². The summed E-state index contributed by atoms with van der Waals surface area (Å²) >= 11 is 6.50. The van der Waals surface area contributed by atoms with Gasteiger partial charge in [0.15, 0.2) is 11.8 Å². The molecular weight excluding hydrogens is 506 g/mol. The number of aromatic nitrogens is 1. The van der Waals surface area contributed by atoms with Crippen molar-refractivity contribution in [3.05, 3.63) is 94.1 Å². The number of ether oxygens (including phenoxy) is 2. The first-order chi connectivity index (χ1) is 18.3. The normalized spacial score (nSPS) is 14.8. The Morgan fingerprint density at radius 1 is 1.03 bits per heavy atom. The van der Waals surface area contributed by atoms with Crippen molar-refractivity contribution in [1.82, 2.24) is 9.88 Å². The van der Waals surface area contributed by atoms with E-state index in [2.05, 4.69) is 10.3 Å². The van der Waals surface area contributed by atoms with E-state index in [4.69, 9.17) is 21.1 Å². The van der Waals surface area contributed by atoms with Crippen LogP contribution in [-0.2, 0) is 11.4 Å². The van der Waals surface area contributed by atoms with Crippen LogP contribution in [0.2, 0.25) is 5.02 Å². The number of likely N-dealkylation sites (N-methyl/N-ethyl adjacent to an activating group) is 1. The first-order valence-corrected chi connectivity index (χ1v) is 12.2. The fourth-order valence-electron chi connectivity index (χ4n) is 4.56. The molecular formula is C29H24ClN3O5. The van der Waals surface area contributed by atoms with E-state index >= 15 is 0 Å². The average Bonchev–Trinajstić information content (AvgIpc) is 2.92. The van der Waals surface area contributed by atoms with Crippen molar-refractivity contribution in [2.24, 2.45) is 0 Å². The van der Waals surface area contributed by atoms with Gasteiger partial charge in [0.1, 0.15) is 23.6 Å². The molecule has 0 spiro atoms. The van der Waals surface area contributed by atoms with Gasteiger partial charge in [-0.2, -0.15) is 0 Å². The lowest BCUT2D eigenvalue weighted by atomic mass is 9.92. The Kier molecular flexibility index (Phi) is 6.73. The number of para-hydroxylation sites is 1. The first kappa shape index (κ1) is 25.2. The number of nitrogens with zero attached hydrogens (tertiary/aromatic N) is 2. The molecule has 0 saturated heterocycles. The zero-order chi connectivity index (χ0) is 27.0. The highest BCUT2D eigenvalue weighted by atomic mass is 35.5. The number of ketones is 1. The number of amides is 2. The highest BCUT2D eigenvalue weighted by molar-refractivity contribution is 6.32. The van der Waals surface area contributed by atoms with Crippen LogP contribution in [0, 0.1) is 6.92 Å². The lowest BCUT2D eigenvalue weighted by Gasteiger charge is -2.31. The Morgan fingerprint density at radius 3 is 2.55 bits per heavy atom. The number of hydrogen-bond acceptors (Lipinski definition) is 6. The maximum absolute atomic E-state index is 13.3. The SMILES string of the molecule is COc1c(NC(=O)C2C(=O)c3ccccc3C(=O)N2C)ccc(Cl)c1COc1cccc2ccc(C)nc12. The van der Waals surface area contributed by atoms with Gasteiger partial charge in [0.2, 0.25) is 0 Å². The number of pyridine rings is 1. The summed E-state index contributed by atoms with van der Waals surface area (Å²) in [7, 11) is 2.88. The van der Waals surface area contributed by atoms with Crippen LogP contribution in [0.1, 0.15) is 32.0 Å². The number of aryl methyl sites for hydroxylation is 1. The largest absolute Gasteiger partial charge is 0.494 e. The molecule has 1 aromatic heterocycles. The minimum Gasteiger partial charge on any atom is -0.494 e. The molecule has 192 valence electrons. The monoisotopic (exact) mass is 529 g/mol. The van der Waals surface area contributed by atoms with Crippen molar-refractivity contribution in [3.63, 3.8) is 0 Å². The van der Waals surface area contributed by atoms with Crippen molar-refractivity contribution < 1.29 is 23.9 Å². The predicted octanol–water partition coefficient (Wildman–Crippen LogP) is 5.06. The average molecular weight is 530 g/mol. The van der Waals surface area contributed by atoms with Crippen LogP contribution in [0.15, 0.2) is 66.7 Å². The fourth-order valence-corrected chi connectivity index (χ4v) is 4.77. The summed E-state index contributed by atoms with van der Waals surface area (Å²) in [5.74, 6) is -0.674. The van der Waals surface area contributed by atoms with Crippen LogP contribution in [-0.4, -0.2) is 47.7 Å². The van der Waals surface area contributed by atoms with Crippen LogP contribution < -0.4 is 14.8 Å². The molecule has 0 bridgehead atoms. The molecule has 8 nitrogen and oxygen atoms in total. The number of anilines is 1. The summed E-state index contributed by atoms with van der Waals surface area (Å²) in [4.78, 5) is 45.0. The number of benzene rings is 3. The topological polar surface area (TPSA) is 97.8 Å². The lowest BCUT2D eigenvalue weighted by molar-refractivity contribution is -0.118. The minimum absolute atomic E-state index is 0.0363. The second-order valence-electron chi connectivity index (χ2n) is 8.89. The highest BCUT2D eigenvalue weighted by Gasteiger charge is 2.41. The van der Waals surface area contributed by atoms with Crippen molar-refractivity contribution in [2.45, 2.75) is 19.6 Å². The Balaban J connectivity index is 1.42.